The monoisotopic (exact) mass is 622 g/mol. The van der Waals surface area contributed by atoms with Crippen molar-refractivity contribution in [2.75, 3.05) is 13.7 Å². The average molecular weight is 624 g/mol. The van der Waals surface area contributed by atoms with Crippen molar-refractivity contribution in [3.05, 3.63) is 115 Å². The normalized spacial score (nSPS) is 13.4. The quantitative estimate of drug-likeness (QED) is 0.291. The van der Waals surface area contributed by atoms with Gasteiger partial charge in [-0.15, -0.1) is 0 Å². The van der Waals surface area contributed by atoms with Crippen LogP contribution in [0.2, 0.25) is 5.02 Å². The number of carbonyl (C=O) groups is 2. The van der Waals surface area contributed by atoms with E-state index >= 15 is 0 Å². The third-order valence-corrected chi connectivity index (χ3v) is 8.33. The summed E-state index contributed by atoms with van der Waals surface area (Å²) in [7, 11) is 1.57. The van der Waals surface area contributed by atoms with Gasteiger partial charge in [0.15, 0.2) is 0 Å². The molecule has 1 aliphatic heterocycles. The van der Waals surface area contributed by atoms with Crippen LogP contribution < -0.4 is 15.7 Å². The van der Waals surface area contributed by atoms with E-state index in [4.69, 9.17) is 16.3 Å². The van der Waals surface area contributed by atoms with E-state index in [2.05, 4.69) is 21.2 Å². The van der Waals surface area contributed by atoms with E-state index in [1.54, 1.807) is 59.0 Å². The molecule has 4 aromatic rings. The Kier molecular flexibility index (Phi) is 8.14. The topological polar surface area (TPSA) is 85.6 Å². The van der Waals surface area contributed by atoms with Crippen LogP contribution in [-0.2, 0) is 13.1 Å². The van der Waals surface area contributed by atoms with Gasteiger partial charge in [0.05, 0.1) is 36.1 Å². The van der Waals surface area contributed by atoms with Gasteiger partial charge in [0.1, 0.15) is 11.4 Å². The molecule has 0 fully saturated rings. The minimum Gasteiger partial charge on any atom is -0.497 e. The first-order chi connectivity index (χ1) is 19.3. The van der Waals surface area contributed by atoms with Crippen LogP contribution in [0.1, 0.15) is 51.5 Å². The molecule has 206 valence electrons. The van der Waals surface area contributed by atoms with Crippen LogP contribution in [0, 0.1) is 0 Å². The largest absolute Gasteiger partial charge is 0.497 e. The second kappa shape index (κ2) is 11.7. The van der Waals surface area contributed by atoms with Gasteiger partial charge in [-0.25, -0.2) is 4.79 Å². The maximum atomic E-state index is 14.0. The first kappa shape index (κ1) is 27.7. The minimum atomic E-state index is -0.390. The van der Waals surface area contributed by atoms with E-state index in [1.165, 1.54) is 4.57 Å². The van der Waals surface area contributed by atoms with Crippen molar-refractivity contribution in [2.24, 2.45) is 0 Å². The number of aromatic nitrogens is 2. The number of amides is 2. The summed E-state index contributed by atoms with van der Waals surface area (Å²) in [6, 6.07) is 21.4. The molecule has 0 saturated carbocycles. The van der Waals surface area contributed by atoms with Crippen molar-refractivity contribution >= 4 is 39.3 Å². The summed E-state index contributed by atoms with van der Waals surface area (Å²) in [4.78, 5) is 42.8. The van der Waals surface area contributed by atoms with Crippen LogP contribution in [0.25, 0.3) is 5.69 Å². The Morgan fingerprint density at radius 1 is 1.05 bits per heavy atom. The number of halogens is 2. The number of nitrogens with one attached hydrogen (secondary N) is 1. The van der Waals surface area contributed by atoms with Gasteiger partial charge in [-0.2, -0.15) is 0 Å². The van der Waals surface area contributed by atoms with E-state index in [0.29, 0.717) is 45.2 Å². The number of hydrogen-bond acceptors (Lipinski definition) is 4. The molecule has 1 atom stereocenters. The Labute approximate surface area is 245 Å². The summed E-state index contributed by atoms with van der Waals surface area (Å²) in [5.41, 5.74) is 2.27. The van der Waals surface area contributed by atoms with Gasteiger partial charge < -0.3 is 15.0 Å². The third kappa shape index (κ3) is 5.31. The molecule has 0 spiro atoms. The number of fused-ring (bicyclic) bond motifs is 1. The lowest BCUT2D eigenvalue weighted by molar-refractivity contribution is 0.0706. The second-order valence-electron chi connectivity index (χ2n) is 9.46. The molecule has 40 heavy (non-hydrogen) atoms. The number of benzene rings is 3. The van der Waals surface area contributed by atoms with E-state index in [9.17, 15) is 14.4 Å². The predicted octanol–water partition coefficient (Wildman–Crippen LogP) is 5.60. The second-order valence-corrected chi connectivity index (χ2v) is 10.7. The maximum absolute atomic E-state index is 14.0. The number of hydrogen-bond donors (Lipinski definition) is 1. The Morgan fingerprint density at radius 3 is 2.42 bits per heavy atom. The van der Waals surface area contributed by atoms with Crippen LogP contribution >= 0.6 is 27.5 Å². The van der Waals surface area contributed by atoms with Crippen molar-refractivity contribution in [3.63, 3.8) is 0 Å². The summed E-state index contributed by atoms with van der Waals surface area (Å²) in [6.45, 7) is 2.65. The molecule has 1 aliphatic rings. The molecule has 0 bridgehead atoms. The molecule has 0 radical (unpaired) electrons. The number of rotatable bonds is 7. The van der Waals surface area contributed by atoms with E-state index in [1.807, 2.05) is 37.3 Å². The standard InChI is InChI=1S/C30H28BrClN4O4/c1-3-25(19-7-5-4-6-8-19)33-28(37)27-26-18-34(29(38)20-9-14-23(31)24(32)17-20)15-16-35(26)30(39)36(27)21-10-12-22(40-2)13-11-21/h4-14,17,25H,3,15-16,18H2,1-2H3,(H,33,37). The maximum Gasteiger partial charge on any atom is 0.333 e. The first-order valence-corrected chi connectivity index (χ1v) is 14.1. The lowest BCUT2D eigenvalue weighted by atomic mass is 10.0. The van der Waals surface area contributed by atoms with Crippen LogP contribution in [0.3, 0.4) is 0 Å². The van der Waals surface area contributed by atoms with Crippen LogP contribution in [-0.4, -0.2) is 39.5 Å². The summed E-state index contributed by atoms with van der Waals surface area (Å²) >= 11 is 9.60. The highest BCUT2D eigenvalue weighted by molar-refractivity contribution is 9.10. The molecule has 0 saturated heterocycles. The van der Waals surface area contributed by atoms with E-state index in [-0.39, 0.29) is 36.4 Å². The van der Waals surface area contributed by atoms with Gasteiger partial charge >= 0.3 is 5.69 Å². The number of ether oxygens (including phenoxy) is 1. The number of imidazole rings is 1. The molecule has 5 rings (SSSR count). The number of methoxy groups -OCH3 is 1. The van der Waals surface area contributed by atoms with Crippen molar-refractivity contribution in [1.29, 1.82) is 0 Å². The number of carbonyl (C=O) groups excluding carboxylic acids is 2. The van der Waals surface area contributed by atoms with Gasteiger partial charge in [0.2, 0.25) is 0 Å². The van der Waals surface area contributed by atoms with Crippen molar-refractivity contribution < 1.29 is 14.3 Å². The summed E-state index contributed by atoms with van der Waals surface area (Å²) < 4.78 is 8.98. The van der Waals surface area contributed by atoms with E-state index in [0.717, 1.165) is 5.56 Å². The van der Waals surface area contributed by atoms with Gasteiger partial charge in [-0.05, 0) is 70.4 Å². The van der Waals surface area contributed by atoms with Gasteiger partial charge in [0, 0.05) is 23.1 Å². The Hall–Kier alpha value is -3.82. The summed E-state index contributed by atoms with van der Waals surface area (Å²) in [5.74, 6) is 0.0116. The fraction of sp³-hybridized carbons (Fsp3) is 0.233. The predicted molar refractivity (Wildman–Crippen MR) is 157 cm³/mol. The zero-order valence-corrected chi connectivity index (χ0v) is 24.4. The molecule has 1 N–H and O–H groups in total. The molecule has 0 aliphatic carbocycles. The summed E-state index contributed by atoms with van der Waals surface area (Å²) in [6.07, 6.45) is 0.660. The highest BCUT2D eigenvalue weighted by Crippen LogP contribution is 2.27. The van der Waals surface area contributed by atoms with E-state index < -0.39 is 5.91 Å². The molecule has 3 aromatic carbocycles. The third-order valence-electron chi connectivity index (χ3n) is 7.09. The van der Waals surface area contributed by atoms with Gasteiger partial charge in [-0.3, -0.25) is 18.7 Å². The average Bonchev–Trinajstić information content (AvgIpc) is 3.28. The van der Waals surface area contributed by atoms with Gasteiger partial charge in [-0.1, -0.05) is 48.9 Å². The molecule has 1 aromatic heterocycles. The number of nitrogens with zero attached hydrogens (tertiary/aromatic N) is 3. The molecular formula is C30H28BrClN4O4. The Balaban J connectivity index is 1.57. The van der Waals surface area contributed by atoms with Crippen LogP contribution in [0.5, 0.6) is 5.75 Å². The molecular weight excluding hydrogens is 596 g/mol. The Morgan fingerprint density at radius 2 is 1.77 bits per heavy atom. The lowest BCUT2D eigenvalue weighted by Gasteiger charge is -2.28. The zero-order valence-electron chi connectivity index (χ0n) is 22.1. The highest BCUT2D eigenvalue weighted by Gasteiger charge is 2.33. The highest BCUT2D eigenvalue weighted by atomic mass is 79.9. The smallest absolute Gasteiger partial charge is 0.333 e. The van der Waals surface area contributed by atoms with Crippen LogP contribution in [0.4, 0.5) is 0 Å². The van der Waals surface area contributed by atoms with Gasteiger partial charge in [0.25, 0.3) is 11.8 Å². The summed E-state index contributed by atoms with van der Waals surface area (Å²) in [5, 5.41) is 3.55. The Bertz CT molecular complexity index is 1620. The fourth-order valence-corrected chi connectivity index (χ4v) is 5.41. The van der Waals surface area contributed by atoms with Crippen LogP contribution in [0.15, 0.2) is 82.1 Å². The molecule has 8 nitrogen and oxygen atoms in total. The molecule has 2 heterocycles. The lowest BCUT2D eigenvalue weighted by Crippen LogP contribution is -2.41. The first-order valence-electron chi connectivity index (χ1n) is 12.9. The molecule has 2 amide bonds. The fourth-order valence-electron chi connectivity index (χ4n) is 4.98. The van der Waals surface area contributed by atoms with Crippen molar-refractivity contribution in [1.82, 2.24) is 19.4 Å². The minimum absolute atomic E-state index is 0.0930. The zero-order chi connectivity index (χ0) is 28.4. The molecule has 1 unspecified atom stereocenters. The van der Waals surface area contributed by atoms with Crippen molar-refractivity contribution in [2.45, 2.75) is 32.5 Å². The van der Waals surface area contributed by atoms with Crippen molar-refractivity contribution in [3.8, 4) is 11.4 Å². The molecule has 10 heteroatoms. The SMILES string of the molecule is CCC(NC(=O)c1c2n(c(=O)n1-c1ccc(OC)cc1)CCN(C(=O)c1ccc(Br)c(Cl)c1)C2)c1ccccc1.